The number of ether oxygens (including phenoxy) is 1. The summed E-state index contributed by atoms with van der Waals surface area (Å²) in [7, 11) is 0. The number of carbonyl (C=O) groups excluding carboxylic acids is 2. The molecule has 5 heteroatoms. The van der Waals surface area contributed by atoms with Crippen LogP contribution < -0.4 is 0 Å². The van der Waals surface area contributed by atoms with Crippen LogP contribution in [0.5, 0.6) is 0 Å². The first-order valence-electron chi connectivity index (χ1n) is 10.7. The summed E-state index contributed by atoms with van der Waals surface area (Å²) in [4.78, 5) is 30.7. The number of aromatic nitrogens is 1. The Kier molecular flexibility index (Phi) is 7.29. The van der Waals surface area contributed by atoms with E-state index >= 15 is 0 Å². The molecule has 0 aliphatic heterocycles. The van der Waals surface area contributed by atoms with Crippen molar-refractivity contribution in [3.8, 4) is 0 Å². The highest BCUT2D eigenvalue weighted by Crippen LogP contribution is 2.22. The summed E-state index contributed by atoms with van der Waals surface area (Å²) in [5, 5.41) is 0. The van der Waals surface area contributed by atoms with Crippen LogP contribution in [0.15, 0.2) is 54.6 Å². The Morgan fingerprint density at radius 1 is 0.968 bits per heavy atom. The molecule has 3 aromatic rings. The molecule has 0 fully saturated rings. The second-order valence-electron chi connectivity index (χ2n) is 7.78. The fourth-order valence-corrected chi connectivity index (χ4v) is 3.66. The third kappa shape index (κ3) is 5.43. The van der Waals surface area contributed by atoms with Gasteiger partial charge < -0.3 is 14.6 Å². The monoisotopic (exact) mass is 418 g/mol. The SMILES string of the molecule is CCOC(=O)c1[nH]c(C)c(CN(CCc2ccccc2)C(=O)c2ccc(C)cc2)c1C. The van der Waals surface area contributed by atoms with Crippen LogP contribution in [-0.4, -0.2) is 34.9 Å². The highest BCUT2D eigenvalue weighted by atomic mass is 16.5. The van der Waals surface area contributed by atoms with Crippen LogP contribution >= 0.6 is 0 Å². The van der Waals surface area contributed by atoms with Gasteiger partial charge in [-0.2, -0.15) is 0 Å². The van der Waals surface area contributed by atoms with Crippen molar-refractivity contribution in [1.29, 1.82) is 0 Å². The molecule has 1 N–H and O–H groups in total. The number of carbonyl (C=O) groups is 2. The van der Waals surface area contributed by atoms with Crippen molar-refractivity contribution < 1.29 is 14.3 Å². The summed E-state index contributed by atoms with van der Waals surface area (Å²) in [5.41, 5.74) is 6.08. The molecule has 0 unspecified atom stereocenters. The van der Waals surface area contributed by atoms with E-state index in [0.29, 0.717) is 31.0 Å². The zero-order chi connectivity index (χ0) is 22.4. The van der Waals surface area contributed by atoms with E-state index in [0.717, 1.165) is 28.8 Å². The molecule has 1 amide bonds. The second-order valence-corrected chi connectivity index (χ2v) is 7.78. The van der Waals surface area contributed by atoms with Gasteiger partial charge in [-0.1, -0.05) is 48.0 Å². The third-order valence-electron chi connectivity index (χ3n) is 5.52. The van der Waals surface area contributed by atoms with Crippen molar-refractivity contribution in [1.82, 2.24) is 9.88 Å². The lowest BCUT2D eigenvalue weighted by Crippen LogP contribution is -2.33. The highest BCUT2D eigenvalue weighted by Gasteiger charge is 2.23. The Hall–Kier alpha value is -3.34. The molecule has 0 spiro atoms. The van der Waals surface area contributed by atoms with Gasteiger partial charge in [-0.15, -0.1) is 0 Å². The third-order valence-corrected chi connectivity index (χ3v) is 5.52. The van der Waals surface area contributed by atoms with Crippen molar-refractivity contribution in [2.24, 2.45) is 0 Å². The molecule has 3 rings (SSSR count). The average Bonchev–Trinajstić information content (AvgIpc) is 3.05. The first-order chi connectivity index (χ1) is 14.9. The van der Waals surface area contributed by atoms with E-state index in [4.69, 9.17) is 4.74 Å². The number of benzene rings is 2. The van der Waals surface area contributed by atoms with Crippen molar-refractivity contribution in [2.75, 3.05) is 13.2 Å². The summed E-state index contributed by atoms with van der Waals surface area (Å²) < 4.78 is 5.16. The fourth-order valence-electron chi connectivity index (χ4n) is 3.66. The molecule has 0 saturated heterocycles. The molecule has 162 valence electrons. The molecule has 0 atom stereocenters. The summed E-state index contributed by atoms with van der Waals surface area (Å²) in [5.74, 6) is -0.385. The Bertz CT molecular complexity index is 1040. The lowest BCUT2D eigenvalue weighted by Gasteiger charge is -2.24. The molecule has 0 aliphatic carbocycles. The average molecular weight is 419 g/mol. The Morgan fingerprint density at radius 2 is 1.65 bits per heavy atom. The van der Waals surface area contributed by atoms with Gasteiger partial charge in [0, 0.05) is 24.3 Å². The molecule has 31 heavy (non-hydrogen) atoms. The molecular weight excluding hydrogens is 388 g/mol. The lowest BCUT2D eigenvalue weighted by molar-refractivity contribution is 0.0519. The van der Waals surface area contributed by atoms with Crippen LogP contribution in [0.3, 0.4) is 0 Å². The number of nitrogens with one attached hydrogen (secondary N) is 1. The predicted octanol–water partition coefficient (Wildman–Crippen LogP) is 5.00. The maximum atomic E-state index is 13.4. The van der Waals surface area contributed by atoms with Gasteiger partial charge in [0.1, 0.15) is 5.69 Å². The maximum Gasteiger partial charge on any atom is 0.355 e. The van der Waals surface area contributed by atoms with Crippen LogP contribution in [0.1, 0.15) is 55.7 Å². The smallest absolute Gasteiger partial charge is 0.355 e. The second kappa shape index (κ2) is 10.1. The van der Waals surface area contributed by atoms with Gasteiger partial charge in [0.25, 0.3) is 5.91 Å². The van der Waals surface area contributed by atoms with Gasteiger partial charge in [0.15, 0.2) is 0 Å². The number of hydrogen-bond acceptors (Lipinski definition) is 3. The van der Waals surface area contributed by atoms with Crippen LogP contribution in [0.4, 0.5) is 0 Å². The van der Waals surface area contributed by atoms with Crippen molar-refractivity contribution in [3.63, 3.8) is 0 Å². The number of hydrogen-bond donors (Lipinski definition) is 1. The summed E-state index contributed by atoms with van der Waals surface area (Å²) >= 11 is 0. The number of amides is 1. The standard InChI is InChI=1S/C26H30N2O3/c1-5-31-26(30)24-19(3)23(20(4)27-24)17-28(16-15-21-9-7-6-8-10-21)25(29)22-13-11-18(2)12-14-22/h6-14,27H,5,15-17H2,1-4H3. The van der Waals surface area contributed by atoms with E-state index in [1.807, 2.05) is 68.1 Å². The Labute approximate surface area is 184 Å². The van der Waals surface area contributed by atoms with Crippen molar-refractivity contribution in [3.05, 3.63) is 93.8 Å². The topological polar surface area (TPSA) is 62.4 Å². The zero-order valence-electron chi connectivity index (χ0n) is 18.7. The van der Waals surface area contributed by atoms with Crippen molar-refractivity contribution in [2.45, 2.75) is 40.7 Å². The van der Waals surface area contributed by atoms with E-state index in [9.17, 15) is 9.59 Å². The van der Waals surface area contributed by atoms with Gasteiger partial charge in [-0.25, -0.2) is 4.79 Å². The maximum absolute atomic E-state index is 13.4. The van der Waals surface area contributed by atoms with Gasteiger partial charge in [0.05, 0.1) is 6.61 Å². The molecule has 1 heterocycles. The number of nitrogens with zero attached hydrogens (tertiary/aromatic N) is 1. The lowest BCUT2D eigenvalue weighted by atomic mass is 10.1. The normalized spacial score (nSPS) is 10.7. The number of esters is 1. The minimum atomic E-state index is -0.366. The highest BCUT2D eigenvalue weighted by molar-refractivity contribution is 5.94. The van der Waals surface area contributed by atoms with E-state index in [1.165, 1.54) is 5.56 Å². The van der Waals surface area contributed by atoms with Crippen LogP contribution in [0.2, 0.25) is 0 Å². The van der Waals surface area contributed by atoms with Gasteiger partial charge >= 0.3 is 5.97 Å². The van der Waals surface area contributed by atoms with E-state index in [1.54, 1.807) is 6.92 Å². The summed E-state index contributed by atoms with van der Waals surface area (Å²) in [6.07, 6.45) is 0.756. The van der Waals surface area contributed by atoms with Gasteiger partial charge in [-0.05, 0) is 62.9 Å². The van der Waals surface area contributed by atoms with E-state index in [2.05, 4.69) is 17.1 Å². The largest absolute Gasteiger partial charge is 0.461 e. The molecule has 0 radical (unpaired) electrons. The minimum Gasteiger partial charge on any atom is -0.461 e. The number of H-pyrrole nitrogens is 1. The molecule has 0 bridgehead atoms. The molecule has 0 saturated carbocycles. The number of rotatable bonds is 8. The molecular formula is C26H30N2O3. The molecule has 2 aromatic carbocycles. The summed E-state index contributed by atoms with van der Waals surface area (Å²) in [6, 6.07) is 17.8. The molecule has 1 aromatic heterocycles. The van der Waals surface area contributed by atoms with E-state index in [-0.39, 0.29) is 11.9 Å². The van der Waals surface area contributed by atoms with Crippen LogP contribution in [-0.2, 0) is 17.7 Å². The molecule has 5 nitrogen and oxygen atoms in total. The predicted molar refractivity (Wildman–Crippen MR) is 122 cm³/mol. The number of aromatic amines is 1. The zero-order valence-corrected chi connectivity index (χ0v) is 18.7. The van der Waals surface area contributed by atoms with Crippen LogP contribution in [0, 0.1) is 20.8 Å². The minimum absolute atomic E-state index is 0.0198. The van der Waals surface area contributed by atoms with Crippen LogP contribution in [0.25, 0.3) is 0 Å². The first-order valence-corrected chi connectivity index (χ1v) is 10.7. The van der Waals surface area contributed by atoms with Gasteiger partial charge in [-0.3, -0.25) is 4.79 Å². The van der Waals surface area contributed by atoms with Crippen molar-refractivity contribution >= 4 is 11.9 Å². The number of aryl methyl sites for hydroxylation is 2. The Balaban J connectivity index is 1.88. The fraction of sp³-hybridized carbons (Fsp3) is 0.308. The molecule has 0 aliphatic rings. The quantitative estimate of drug-likeness (QED) is 0.524. The van der Waals surface area contributed by atoms with E-state index < -0.39 is 0 Å². The summed E-state index contributed by atoms with van der Waals surface area (Å²) in [6.45, 7) is 8.94. The first kappa shape index (κ1) is 22.3. The Morgan fingerprint density at radius 3 is 2.29 bits per heavy atom. The van der Waals surface area contributed by atoms with Gasteiger partial charge in [0.2, 0.25) is 0 Å².